The van der Waals surface area contributed by atoms with Crippen LogP contribution in [0.15, 0.2) is 18.2 Å². The van der Waals surface area contributed by atoms with Gasteiger partial charge in [0.15, 0.2) is 0 Å². The summed E-state index contributed by atoms with van der Waals surface area (Å²) in [4.78, 5) is 128. The molecule has 23 heteroatoms. The smallest absolute Gasteiger partial charge is 0.246 e. The van der Waals surface area contributed by atoms with Crippen LogP contribution in [0.25, 0.3) is 10.9 Å². The summed E-state index contributed by atoms with van der Waals surface area (Å²) in [6, 6.07) is -4.89. The SMILES string of the molecule is CC[C@H](C)C1NC(=O)CNC(=O)C2Cc3c([nH]c4cc(O)ccc34)CCC(NC(=O)CNC1=O)C(=O)N[C@@H](CC(N)=O)C(=O)N1CC(O)C[C@H]1C(=O)N[C@@H]([C@@H](C)[C@@H](O)CO)C(=O)N2. The van der Waals surface area contributed by atoms with Crippen molar-refractivity contribution in [2.24, 2.45) is 17.6 Å². The summed E-state index contributed by atoms with van der Waals surface area (Å²) >= 11 is 0. The Morgan fingerprint density at radius 1 is 0.857 bits per heavy atom. The molecule has 63 heavy (non-hydrogen) atoms. The van der Waals surface area contributed by atoms with Gasteiger partial charge in [0.2, 0.25) is 53.2 Å². The Kier molecular flexibility index (Phi) is 15.7. The number of aromatic nitrogens is 1. The molecule has 4 unspecified atom stereocenters. The summed E-state index contributed by atoms with van der Waals surface area (Å²) in [6.45, 7) is 2.11. The van der Waals surface area contributed by atoms with Gasteiger partial charge in [-0.25, -0.2) is 0 Å². The zero-order valence-corrected chi connectivity index (χ0v) is 35.1. The maximum absolute atomic E-state index is 14.4. The minimum atomic E-state index is -1.74. The molecule has 9 amide bonds. The van der Waals surface area contributed by atoms with Crippen molar-refractivity contribution in [3.05, 3.63) is 29.5 Å². The largest absolute Gasteiger partial charge is 0.508 e. The van der Waals surface area contributed by atoms with E-state index in [1.54, 1.807) is 13.8 Å². The van der Waals surface area contributed by atoms with E-state index in [9.17, 15) is 63.6 Å². The number of nitrogens with zero attached hydrogens (tertiary/aromatic N) is 1. The van der Waals surface area contributed by atoms with Gasteiger partial charge in [-0.05, 0) is 36.5 Å². The van der Waals surface area contributed by atoms with E-state index in [0.29, 0.717) is 28.6 Å². The second-order valence-electron chi connectivity index (χ2n) is 16.3. The Labute approximate surface area is 361 Å². The molecule has 5 rings (SSSR count). The average molecular weight is 885 g/mol. The number of aromatic amines is 1. The Morgan fingerprint density at radius 2 is 1.54 bits per heavy atom. The molecule has 0 aliphatic carbocycles. The van der Waals surface area contributed by atoms with E-state index < -0.39 is 146 Å². The van der Waals surface area contributed by atoms with Gasteiger partial charge in [-0.2, -0.15) is 0 Å². The normalized spacial score (nSPS) is 27.6. The number of nitrogens with two attached hydrogens (primary N) is 1. The molecule has 1 saturated heterocycles. The maximum atomic E-state index is 14.4. The molecule has 23 nitrogen and oxygen atoms in total. The number of aryl methyl sites for hydroxylation is 1. The zero-order valence-electron chi connectivity index (χ0n) is 35.1. The van der Waals surface area contributed by atoms with E-state index >= 15 is 0 Å². The molecule has 0 spiro atoms. The highest BCUT2D eigenvalue weighted by Crippen LogP contribution is 2.29. The van der Waals surface area contributed by atoms with Crippen molar-refractivity contribution in [3.63, 3.8) is 0 Å². The second kappa shape index (κ2) is 20.7. The van der Waals surface area contributed by atoms with Gasteiger partial charge in [0.1, 0.15) is 42.0 Å². The van der Waals surface area contributed by atoms with Crippen LogP contribution in [0.2, 0.25) is 0 Å². The summed E-state index contributed by atoms with van der Waals surface area (Å²) in [7, 11) is 0. The first-order valence-electron chi connectivity index (χ1n) is 20.7. The lowest BCUT2D eigenvalue weighted by Gasteiger charge is -2.33. The first-order chi connectivity index (χ1) is 29.8. The standard InChI is InChI=1S/C40H56N10O13/c1-4-17(2)33-38(61)43-13-31(56)45-24-8-7-23-22(21-6-5-19(52)9-25(21)44-23)11-26(35(58)42-14-32(57)48-33)46-39(62)34(18(3)29(54)16-51)49-37(60)28-10-20(53)15-50(28)40(63)27(12-30(41)55)47-36(24)59/h5-6,9,17-18,20,24,26-29,33-34,44,51-54H,4,7-8,10-16H2,1-3H3,(H2,41,55)(H,42,58)(H,43,61)(H,45,56)(H,46,62)(H,47,59)(H,48,57)(H,49,60)/t17-,18-,20?,24?,26?,27-,28-,29-,33?,34-/m0/s1. The van der Waals surface area contributed by atoms with Gasteiger partial charge in [-0.1, -0.05) is 27.2 Å². The molecule has 4 heterocycles. The molecular weight excluding hydrogens is 828 g/mol. The van der Waals surface area contributed by atoms with Crippen LogP contribution in [0.4, 0.5) is 0 Å². The Morgan fingerprint density at radius 3 is 2.21 bits per heavy atom. The maximum Gasteiger partial charge on any atom is 0.246 e. The van der Waals surface area contributed by atoms with Crippen LogP contribution >= 0.6 is 0 Å². The number of carbonyl (C=O) groups excluding carboxylic acids is 9. The first kappa shape index (κ1) is 47.7. The van der Waals surface area contributed by atoms with Crippen LogP contribution < -0.4 is 43.0 Å². The van der Waals surface area contributed by atoms with Crippen LogP contribution in [-0.2, 0) is 56.0 Å². The molecule has 10 atom stereocenters. The van der Waals surface area contributed by atoms with Crippen LogP contribution in [0.5, 0.6) is 5.75 Å². The van der Waals surface area contributed by atoms with E-state index in [2.05, 4.69) is 42.2 Å². The van der Waals surface area contributed by atoms with Crippen LogP contribution in [-0.4, -0.2) is 158 Å². The summed E-state index contributed by atoms with van der Waals surface area (Å²) in [5.41, 5.74) is 6.61. The van der Waals surface area contributed by atoms with Gasteiger partial charge >= 0.3 is 0 Å². The number of nitrogens with one attached hydrogen (secondary N) is 8. The van der Waals surface area contributed by atoms with Crippen LogP contribution in [0, 0.1) is 11.8 Å². The van der Waals surface area contributed by atoms with E-state index in [0.717, 1.165) is 4.90 Å². The quantitative estimate of drug-likeness (QED) is 0.124. The van der Waals surface area contributed by atoms with E-state index in [1.807, 2.05) is 0 Å². The summed E-state index contributed by atoms with van der Waals surface area (Å²) < 4.78 is 0. The Bertz CT molecular complexity index is 2110. The lowest BCUT2D eigenvalue weighted by molar-refractivity contribution is -0.144. The number of aromatic hydroxyl groups is 1. The molecule has 3 aliphatic rings. The average Bonchev–Trinajstić information content (AvgIpc) is 3.80. The van der Waals surface area contributed by atoms with E-state index in [4.69, 9.17) is 5.73 Å². The highest BCUT2D eigenvalue weighted by molar-refractivity contribution is 5.99. The molecule has 3 aliphatic heterocycles. The van der Waals surface area contributed by atoms with Gasteiger partial charge in [0, 0.05) is 48.0 Å². The molecule has 14 N–H and O–H groups in total. The monoisotopic (exact) mass is 884 g/mol. The molecule has 1 fully saturated rings. The zero-order chi connectivity index (χ0) is 46.3. The predicted molar refractivity (Wildman–Crippen MR) is 219 cm³/mol. The minimum absolute atomic E-state index is 0.0798. The number of hydrogen-bond acceptors (Lipinski definition) is 13. The van der Waals surface area contributed by atoms with E-state index in [1.165, 1.54) is 25.1 Å². The number of fused-ring (bicyclic) bond motifs is 5. The molecule has 0 saturated carbocycles. The molecule has 2 aromatic rings. The Hall–Kier alpha value is -6.33. The van der Waals surface area contributed by atoms with Crippen molar-refractivity contribution in [2.75, 3.05) is 26.2 Å². The number of benzene rings is 1. The summed E-state index contributed by atoms with van der Waals surface area (Å²) in [5.74, 6) is -10.3. The topological polar surface area (TPSA) is 364 Å². The van der Waals surface area contributed by atoms with Crippen molar-refractivity contribution in [1.82, 2.24) is 47.1 Å². The number of aliphatic hydroxyl groups is 3. The van der Waals surface area contributed by atoms with Gasteiger partial charge in [-0.15, -0.1) is 0 Å². The number of primary amides is 1. The summed E-state index contributed by atoms with van der Waals surface area (Å²) in [6.07, 6.45) is -4.28. The number of phenolic OH excluding ortho intramolecular Hbond substituents is 1. The third-order valence-electron chi connectivity index (χ3n) is 11.8. The van der Waals surface area contributed by atoms with Gasteiger partial charge in [0.05, 0.1) is 38.3 Å². The molecular formula is C40H56N10O13. The van der Waals surface area contributed by atoms with Gasteiger partial charge in [-0.3, -0.25) is 43.2 Å². The Balaban J connectivity index is 1.70. The lowest BCUT2D eigenvalue weighted by Crippen LogP contribution is -2.62. The van der Waals surface area contributed by atoms with Crippen molar-refractivity contribution < 1.29 is 63.6 Å². The number of hydrogen-bond donors (Lipinski definition) is 13. The van der Waals surface area contributed by atoms with Crippen LogP contribution in [0.1, 0.15) is 57.7 Å². The van der Waals surface area contributed by atoms with Crippen molar-refractivity contribution in [1.29, 1.82) is 0 Å². The third-order valence-corrected chi connectivity index (χ3v) is 11.8. The third kappa shape index (κ3) is 11.6. The fraction of sp³-hybridized carbons (Fsp3) is 0.575. The van der Waals surface area contributed by atoms with Gasteiger partial charge in [0.25, 0.3) is 0 Å². The molecule has 2 bridgehead atoms. The predicted octanol–water partition coefficient (Wildman–Crippen LogP) is -5.10. The fourth-order valence-electron chi connectivity index (χ4n) is 7.97. The number of aliphatic hydroxyl groups excluding tert-OH is 3. The lowest BCUT2D eigenvalue weighted by atomic mass is 9.93. The van der Waals surface area contributed by atoms with Gasteiger partial charge < -0.3 is 73.3 Å². The first-order valence-corrected chi connectivity index (χ1v) is 20.7. The number of carbonyl (C=O) groups is 9. The number of phenols is 1. The molecule has 0 radical (unpaired) electrons. The highest BCUT2D eigenvalue weighted by atomic mass is 16.3. The highest BCUT2D eigenvalue weighted by Gasteiger charge is 2.45. The number of rotatable bonds is 7. The van der Waals surface area contributed by atoms with E-state index in [-0.39, 0.29) is 31.4 Å². The van der Waals surface area contributed by atoms with Crippen LogP contribution in [0.3, 0.4) is 0 Å². The van der Waals surface area contributed by atoms with Crippen molar-refractivity contribution in [2.45, 2.75) is 108 Å². The molecule has 1 aromatic carbocycles. The molecule has 344 valence electrons. The molecule has 1 aromatic heterocycles. The summed E-state index contributed by atoms with van der Waals surface area (Å²) in [5, 5.41) is 59.7. The van der Waals surface area contributed by atoms with Crippen molar-refractivity contribution in [3.8, 4) is 5.75 Å². The number of amides is 9. The fourth-order valence-corrected chi connectivity index (χ4v) is 7.97. The number of H-pyrrole nitrogens is 1. The van der Waals surface area contributed by atoms with Crippen molar-refractivity contribution >= 4 is 64.1 Å². The minimum Gasteiger partial charge on any atom is -0.508 e. The second-order valence-corrected chi connectivity index (χ2v) is 16.3.